The highest BCUT2D eigenvalue weighted by molar-refractivity contribution is 7.09. The second kappa shape index (κ2) is 6.98. The summed E-state index contributed by atoms with van der Waals surface area (Å²) in [4.78, 5) is 20.3. The highest BCUT2D eigenvalue weighted by Crippen LogP contribution is 2.34. The van der Waals surface area contributed by atoms with Gasteiger partial charge >= 0.3 is 0 Å². The van der Waals surface area contributed by atoms with Crippen LogP contribution in [-0.4, -0.2) is 15.8 Å². The normalized spacial score (nSPS) is 15.6. The van der Waals surface area contributed by atoms with E-state index in [1.165, 1.54) is 0 Å². The van der Waals surface area contributed by atoms with Gasteiger partial charge in [-0.15, -0.1) is 11.3 Å². The molecule has 1 aliphatic rings. The van der Waals surface area contributed by atoms with Crippen molar-refractivity contribution in [1.82, 2.24) is 9.88 Å². The summed E-state index contributed by atoms with van der Waals surface area (Å²) in [7, 11) is 0. The second-order valence-electron chi connectivity index (χ2n) is 6.03. The zero-order valence-corrected chi connectivity index (χ0v) is 14.7. The Bertz CT molecular complexity index is 960. The summed E-state index contributed by atoms with van der Waals surface area (Å²) in [6.45, 7) is 0.539. The quantitative estimate of drug-likeness (QED) is 0.747. The number of pyridine rings is 1. The molecule has 2 aromatic heterocycles. The summed E-state index contributed by atoms with van der Waals surface area (Å²) < 4.78 is 0. The Hall–Kier alpha value is -3.17. The molecule has 1 atom stereocenters. The highest BCUT2D eigenvalue weighted by atomic mass is 32.1. The van der Waals surface area contributed by atoms with E-state index in [-0.39, 0.29) is 12.1 Å². The molecule has 1 amide bonds. The molecule has 3 aromatic rings. The maximum Gasteiger partial charge on any atom is 0.258 e. The van der Waals surface area contributed by atoms with Crippen LogP contribution in [0.3, 0.4) is 0 Å². The van der Waals surface area contributed by atoms with Crippen LogP contribution in [-0.2, 0) is 13.0 Å². The molecule has 1 aliphatic heterocycles. The van der Waals surface area contributed by atoms with Crippen molar-refractivity contribution in [2.75, 3.05) is 5.32 Å². The number of thiophene rings is 1. The molecule has 0 radical (unpaired) electrons. The second-order valence-corrected chi connectivity index (χ2v) is 7.06. The number of benzene rings is 1. The monoisotopic (exact) mass is 360 g/mol. The van der Waals surface area contributed by atoms with Crippen molar-refractivity contribution in [2.24, 2.45) is 0 Å². The molecule has 0 aliphatic carbocycles. The van der Waals surface area contributed by atoms with Gasteiger partial charge in [-0.1, -0.05) is 18.2 Å². The van der Waals surface area contributed by atoms with E-state index in [2.05, 4.69) is 16.4 Å². The molecule has 0 spiro atoms. The van der Waals surface area contributed by atoms with Gasteiger partial charge in [0.1, 0.15) is 6.17 Å². The third-order valence-corrected chi connectivity index (χ3v) is 5.21. The molecule has 0 saturated heterocycles. The van der Waals surface area contributed by atoms with Crippen molar-refractivity contribution in [3.8, 4) is 6.07 Å². The number of hydrogen-bond donors (Lipinski definition) is 1. The first-order valence-electron chi connectivity index (χ1n) is 8.27. The van der Waals surface area contributed by atoms with Crippen LogP contribution in [0.25, 0.3) is 0 Å². The first kappa shape index (κ1) is 16.3. The van der Waals surface area contributed by atoms with Gasteiger partial charge in [0.2, 0.25) is 0 Å². The van der Waals surface area contributed by atoms with E-state index >= 15 is 0 Å². The summed E-state index contributed by atoms with van der Waals surface area (Å²) in [6, 6.07) is 17.5. The van der Waals surface area contributed by atoms with Gasteiger partial charge in [-0.05, 0) is 41.3 Å². The molecule has 3 heterocycles. The van der Waals surface area contributed by atoms with Gasteiger partial charge in [-0.3, -0.25) is 9.78 Å². The van der Waals surface area contributed by atoms with Gasteiger partial charge in [0.25, 0.3) is 5.91 Å². The number of hydrogen-bond acceptors (Lipinski definition) is 5. The number of nitrogens with one attached hydrogen (secondary N) is 1. The molecule has 4 rings (SSSR count). The first-order valence-corrected chi connectivity index (χ1v) is 9.15. The Morgan fingerprint density at radius 3 is 2.77 bits per heavy atom. The topological polar surface area (TPSA) is 69.0 Å². The van der Waals surface area contributed by atoms with Crippen LogP contribution in [0.2, 0.25) is 0 Å². The fourth-order valence-corrected chi connectivity index (χ4v) is 3.79. The minimum atomic E-state index is -0.317. The van der Waals surface area contributed by atoms with E-state index in [4.69, 9.17) is 5.26 Å². The lowest BCUT2D eigenvalue weighted by Crippen LogP contribution is -2.31. The Labute approximate surface area is 155 Å². The fourth-order valence-electron chi connectivity index (χ4n) is 3.08. The molecule has 6 heteroatoms. The number of amides is 1. The van der Waals surface area contributed by atoms with E-state index in [1.807, 2.05) is 52.7 Å². The SMILES string of the molecule is N#CCc1ccc(N[C@H]2c3ncccc3C(=O)N2Cc2cccs2)cc1. The molecule has 26 heavy (non-hydrogen) atoms. The summed E-state index contributed by atoms with van der Waals surface area (Å²) in [5.74, 6) is -0.0138. The van der Waals surface area contributed by atoms with Crippen LogP contribution in [0, 0.1) is 11.3 Å². The summed E-state index contributed by atoms with van der Waals surface area (Å²) in [5, 5.41) is 14.2. The predicted molar refractivity (Wildman–Crippen MR) is 101 cm³/mol. The molecule has 0 fully saturated rings. The number of nitrogens with zero attached hydrogens (tertiary/aromatic N) is 3. The summed E-state index contributed by atoms with van der Waals surface area (Å²) >= 11 is 1.63. The maximum atomic E-state index is 12.9. The van der Waals surface area contributed by atoms with Crippen molar-refractivity contribution < 1.29 is 4.79 Å². The third kappa shape index (κ3) is 3.05. The number of carbonyl (C=O) groups excluding carboxylic acids is 1. The van der Waals surface area contributed by atoms with Crippen LogP contribution < -0.4 is 5.32 Å². The van der Waals surface area contributed by atoms with Crippen molar-refractivity contribution in [3.05, 3.63) is 81.8 Å². The summed E-state index contributed by atoms with van der Waals surface area (Å²) in [6.07, 6.45) is 1.78. The third-order valence-electron chi connectivity index (χ3n) is 4.35. The first-order chi connectivity index (χ1) is 12.8. The average molecular weight is 360 g/mol. The molecule has 0 bridgehead atoms. The average Bonchev–Trinajstić information content (AvgIpc) is 3.27. The van der Waals surface area contributed by atoms with Crippen LogP contribution >= 0.6 is 11.3 Å². The van der Waals surface area contributed by atoms with Crippen molar-refractivity contribution in [3.63, 3.8) is 0 Å². The number of anilines is 1. The largest absolute Gasteiger partial charge is 0.360 e. The highest BCUT2D eigenvalue weighted by Gasteiger charge is 2.37. The number of carbonyl (C=O) groups is 1. The number of rotatable bonds is 5. The molecule has 5 nitrogen and oxygen atoms in total. The van der Waals surface area contributed by atoms with Crippen molar-refractivity contribution in [1.29, 1.82) is 5.26 Å². The zero-order valence-electron chi connectivity index (χ0n) is 13.9. The number of nitriles is 1. The van der Waals surface area contributed by atoms with Crippen LogP contribution in [0.5, 0.6) is 0 Å². The standard InChI is InChI=1S/C20H16N4OS/c21-10-9-14-5-7-15(8-6-14)23-19-18-17(4-1-11-22-18)20(25)24(19)13-16-3-2-12-26-16/h1-8,11-12,19,23H,9,13H2/t19-/m1/s1. The lowest BCUT2D eigenvalue weighted by molar-refractivity contribution is 0.0729. The lowest BCUT2D eigenvalue weighted by Gasteiger charge is -2.26. The Kier molecular flexibility index (Phi) is 4.38. The Balaban J connectivity index is 1.63. The van der Waals surface area contributed by atoms with E-state index in [0.717, 1.165) is 21.8 Å². The fraction of sp³-hybridized carbons (Fsp3) is 0.150. The van der Waals surface area contributed by atoms with E-state index < -0.39 is 0 Å². The minimum Gasteiger partial charge on any atom is -0.360 e. The van der Waals surface area contributed by atoms with Gasteiger partial charge in [0.15, 0.2) is 0 Å². The van der Waals surface area contributed by atoms with Crippen LogP contribution in [0.15, 0.2) is 60.1 Å². The molecule has 0 saturated carbocycles. The lowest BCUT2D eigenvalue weighted by atomic mass is 10.1. The van der Waals surface area contributed by atoms with Gasteiger partial charge < -0.3 is 10.2 Å². The van der Waals surface area contributed by atoms with Crippen molar-refractivity contribution >= 4 is 22.9 Å². The Morgan fingerprint density at radius 2 is 2.04 bits per heavy atom. The van der Waals surface area contributed by atoms with Crippen molar-refractivity contribution in [2.45, 2.75) is 19.1 Å². The number of aromatic nitrogens is 1. The summed E-state index contributed by atoms with van der Waals surface area (Å²) in [5.41, 5.74) is 3.24. The Morgan fingerprint density at radius 1 is 1.19 bits per heavy atom. The molecule has 128 valence electrons. The molecule has 0 unspecified atom stereocenters. The van der Waals surface area contributed by atoms with Gasteiger partial charge in [-0.25, -0.2) is 0 Å². The smallest absolute Gasteiger partial charge is 0.258 e. The van der Waals surface area contributed by atoms with Gasteiger partial charge in [0.05, 0.1) is 30.3 Å². The molecule has 1 N–H and O–H groups in total. The van der Waals surface area contributed by atoms with E-state index in [1.54, 1.807) is 23.6 Å². The van der Waals surface area contributed by atoms with Gasteiger partial charge in [0, 0.05) is 16.8 Å². The molecular weight excluding hydrogens is 344 g/mol. The maximum absolute atomic E-state index is 12.9. The van der Waals surface area contributed by atoms with Gasteiger partial charge in [-0.2, -0.15) is 5.26 Å². The van der Waals surface area contributed by atoms with Crippen LogP contribution in [0.1, 0.15) is 32.7 Å². The minimum absolute atomic E-state index is 0.0138. The molecular formula is C20H16N4OS. The predicted octanol–water partition coefficient (Wildman–Crippen LogP) is 3.98. The number of fused-ring (bicyclic) bond motifs is 1. The van der Waals surface area contributed by atoms with E-state index in [9.17, 15) is 4.79 Å². The van der Waals surface area contributed by atoms with E-state index in [0.29, 0.717) is 18.5 Å². The molecule has 1 aromatic carbocycles. The van der Waals surface area contributed by atoms with Crippen LogP contribution in [0.4, 0.5) is 5.69 Å². The zero-order chi connectivity index (χ0) is 17.9.